The van der Waals surface area contributed by atoms with E-state index in [4.69, 9.17) is 0 Å². The Bertz CT molecular complexity index is 4520. The first-order valence-corrected chi connectivity index (χ1v) is 30.8. The van der Waals surface area contributed by atoms with Crippen molar-refractivity contribution in [3.8, 4) is 11.1 Å². The van der Waals surface area contributed by atoms with Crippen molar-refractivity contribution in [2.75, 3.05) is 9.80 Å². The van der Waals surface area contributed by atoms with Crippen molar-refractivity contribution in [1.29, 1.82) is 0 Å². The molecule has 2 heteroatoms. The molecule has 0 bridgehead atoms. The van der Waals surface area contributed by atoms with Crippen LogP contribution in [0.25, 0.3) is 60.3 Å². The van der Waals surface area contributed by atoms with Crippen LogP contribution in [0.4, 0.5) is 22.7 Å². The number of anilines is 4. The molecular formula is C81H72N2. The summed E-state index contributed by atoms with van der Waals surface area (Å²) >= 11 is 0. The third-order valence-electron chi connectivity index (χ3n) is 20.5. The largest absolute Gasteiger partial charge is 0.331 e. The van der Waals surface area contributed by atoms with E-state index in [1.807, 2.05) is 0 Å². The second-order valence-corrected chi connectivity index (χ2v) is 24.3. The van der Waals surface area contributed by atoms with Gasteiger partial charge in [0.15, 0.2) is 0 Å². The fourth-order valence-electron chi connectivity index (χ4n) is 16.3. The Balaban J connectivity index is 0.985. The lowest BCUT2D eigenvalue weighted by Gasteiger charge is -2.47. The van der Waals surface area contributed by atoms with Gasteiger partial charge in [-0.2, -0.15) is 0 Å². The Hall–Kier alpha value is -8.72. The van der Waals surface area contributed by atoms with E-state index in [-0.39, 0.29) is 0 Å². The minimum Gasteiger partial charge on any atom is -0.331 e. The molecule has 406 valence electrons. The normalized spacial score (nSPS) is 14.1. The summed E-state index contributed by atoms with van der Waals surface area (Å²) in [5.74, 6) is 0. The lowest BCUT2D eigenvalue weighted by atomic mass is 9.66. The third-order valence-corrected chi connectivity index (χ3v) is 20.5. The summed E-state index contributed by atoms with van der Waals surface area (Å²) in [7, 11) is 0. The Morgan fingerprint density at radius 2 is 0.855 bits per heavy atom. The average Bonchev–Trinajstić information content (AvgIpc) is 2.28. The highest BCUT2D eigenvalue weighted by molar-refractivity contribution is 6.17. The molecule has 12 aromatic carbocycles. The Morgan fingerprint density at radius 1 is 0.386 bits per heavy atom. The first kappa shape index (κ1) is 51.2. The zero-order chi connectivity index (χ0) is 56.2. The van der Waals surface area contributed by atoms with E-state index in [1.54, 1.807) is 0 Å². The predicted octanol–water partition coefficient (Wildman–Crippen LogP) is 20.5. The van der Waals surface area contributed by atoms with E-state index in [0.717, 1.165) is 51.4 Å². The van der Waals surface area contributed by atoms with E-state index in [9.17, 15) is 0 Å². The molecule has 0 N–H and O–H groups in total. The number of fused-ring (bicyclic) bond motifs is 3. The van der Waals surface area contributed by atoms with Crippen molar-refractivity contribution in [1.82, 2.24) is 0 Å². The van der Waals surface area contributed by atoms with Gasteiger partial charge < -0.3 is 9.80 Å². The second kappa shape index (κ2) is 19.7. The van der Waals surface area contributed by atoms with Crippen LogP contribution in [0, 0.1) is 13.8 Å². The van der Waals surface area contributed by atoms with E-state index in [2.05, 4.69) is 282 Å². The first-order valence-electron chi connectivity index (χ1n) is 30.8. The van der Waals surface area contributed by atoms with Gasteiger partial charge in [0.25, 0.3) is 0 Å². The van der Waals surface area contributed by atoms with E-state index < -0.39 is 16.5 Å². The molecule has 0 saturated heterocycles. The van der Waals surface area contributed by atoms with Crippen molar-refractivity contribution < 1.29 is 0 Å². The number of benzene rings is 12. The molecule has 2 nitrogen and oxygen atoms in total. The lowest BCUT2D eigenvalue weighted by Crippen LogP contribution is -2.43. The maximum Gasteiger partial charge on any atom is 0.0713 e. The number of hydrogen-bond acceptors (Lipinski definition) is 2. The molecule has 0 aromatic heterocycles. The van der Waals surface area contributed by atoms with Crippen LogP contribution in [0.5, 0.6) is 0 Å². The van der Waals surface area contributed by atoms with Crippen LogP contribution in [0.3, 0.4) is 0 Å². The highest BCUT2D eigenvalue weighted by Crippen LogP contribution is 2.60. The molecule has 0 unspecified atom stereocenters. The van der Waals surface area contributed by atoms with Crippen LogP contribution in [-0.4, -0.2) is 0 Å². The van der Waals surface area contributed by atoms with Crippen LogP contribution in [0.15, 0.2) is 224 Å². The quantitative estimate of drug-likeness (QED) is 0.100. The van der Waals surface area contributed by atoms with E-state index >= 15 is 0 Å². The Kier molecular flexibility index (Phi) is 12.2. The number of rotatable bonds is 14. The first-order chi connectivity index (χ1) is 40.7. The zero-order valence-corrected chi connectivity index (χ0v) is 49.0. The molecule has 0 spiro atoms. The van der Waals surface area contributed by atoms with Gasteiger partial charge in [0.1, 0.15) is 0 Å². The molecule has 0 aliphatic heterocycles. The topological polar surface area (TPSA) is 6.48 Å². The fraction of sp³-hybridized carbons (Fsp3) is 0.210. The molecule has 83 heavy (non-hydrogen) atoms. The Morgan fingerprint density at radius 3 is 1.42 bits per heavy atom. The van der Waals surface area contributed by atoms with Crippen molar-refractivity contribution in [2.45, 2.75) is 109 Å². The van der Waals surface area contributed by atoms with Crippen molar-refractivity contribution in [2.24, 2.45) is 0 Å². The summed E-state index contributed by atoms with van der Waals surface area (Å²) < 4.78 is 0. The molecule has 0 radical (unpaired) electrons. The summed E-state index contributed by atoms with van der Waals surface area (Å²) in [5, 5.41) is 12.3. The number of nitrogens with zero attached hydrogens (tertiary/aromatic N) is 2. The molecular weight excluding hydrogens is 1000 g/mol. The van der Waals surface area contributed by atoms with Gasteiger partial charge in [-0.15, -0.1) is 0 Å². The summed E-state index contributed by atoms with van der Waals surface area (Å²) in [4.78, 5) is 5.48. The summed E-state index contributed by atoms with van der Waals surface area (Å²) in [6.07, 6.45) is 10.3. The van der Waals surface area contributed by atoms with Gasteiger partial charge in [0.05, 0.1) is 16.5 Å². The van der Waals surface area contributed by atoms with E-state index in [1.165, 1.54) is 143 Å². The molecule has 0 heterocycles. The average molecular weight is 1070 g/mol. The van der Waals surface area contributed by atoms with Crippen LogP contribution < -0.4 is 15.0 Å². The van der Waals surface area contributed by atoms with Gasteiger partial charge in [-0.25, -0.2) is 0 Å². The molecule has 3 aliphatic carbocycles. The van der Waals surface area contributed by atoms with Crippen molar-refractivity contribution >= 4 is 71.9 Å². The summed E-state index contributed by atoms with van der Waals surface area (Å²) in [6.45, 7) is 14.1. The lowest BCUT2D eigenvalue weighted by molar-refractivity contribution is 0.403. The van der Waals surface area contributed by atoms with Crippen LogP contribution in [-0.2, 0) is 35.8 Å². The number of hydrogen-bond donors (Lipinski definition) is 0. The smallest absolute Gasteiger partial charge is 0.0713 e. The van der Waals surface area contributed by atoms with Crippen LogP contribution in [0.1, 0.15) is 121 Å². The van der Waals surface area contributed by atoms with E-state index in [0.29, 0.717) is 0 Å². The predicted molar refractivity (Wildman–Crippen MR) is 353 cm³/mol. The maximum absolute atomic E-state index is 2.74. The minimum atomic E-state index is -0.659. The van der Waals surface area contributed by atoms with Gasteiger partial charge >= 0.3 is 0 Å². The molecule has 0 fully saturated rings. The van der Waals surface area contributed by atoms with Gasteiger partial charge in [-0.1, -0.05) is 233 Å². The second-order valence-electron chi connectivity index (χ2n) is 24.3. The molecule has 0 amide bonds. The van der Waals surface area contributed by atoms with Gasteiger partial charge in [-0.05, 0) is 200 Å². The molecule has 15 rings (SSSR count). The zero-order valence-electron chi connectivity index (χ0n) is 49.0. The van der Waals surface area contributed by atoms with Crippen molar-refractivity contribution in [3.05, 3.63) is 291 Å². The third kappa shape index (κ3) is 7.47. The molecule has 0 saturated carbocycles. The maximum atomic E-state index is 2.74. The standard InChI is InChI=1S/C81H72N2/c1-7-79(8-2,82(65-23-13-11-14-24-65)73-49-37-59-33-31-55-19-17-21-57-35-45-69(73)77(59)75(55)57)63-43-47-67-68-48-44-64(52-72(68)81(71(67)51-63,61-39-27-53(5)28-40-61)62-41-29-54(6)30-42-62)80(9-3,10-4)83(66-25-15-12-16-26-66)74-50-38-60-34-32-56-20-18-22-58-36-46-70(74)78(60)76(56)58/h11-17,19-21,23-30,32,34-52H,7-10,18,22,31,33H2,1-6H3. The van der Waals surface area contributed by atoms with Crippen molar-refractivity contribution in [3.63, 3.8) is 0 Å². The van der Waals surface area contributed by atoms with Gasteiger partial charge in [0, 0.05) is 33.5 Å². The SMILES string of the molecule is CCC(CC)(c1ccc2c(c1)C(c1ccc(C)cc1)(c1ccc(C)cc1)c1cc(C(CC)(CC)N(c3ccccc3)c3ccc4ccc5c6c(ccc3c46)CCC=5)ccc1-2)N(c1ccccc1)c1ccc2c3c1ccc1cccc(c13)CC2. The number of aryl methyl sites for hydroxylation is 5. The fourth-order valence-corrected chi connectivity index (χ4v) is 16.3. The summed E-state index contributed by atoms with van der Waals surface area (Å²) in [5.41, 5.74) is 20.8. The number of para-hydroxylation sites is 2. The van der Waals surface area contributed by atoms with Crippen LogP contribution >= 0.6 is 0 Å². The van der Waals surface area contributed by atoms with Gasteiger partial charge in [-0.3, -0.25) is 0 Å². The minimum absolute atomic E-state index is 0.435. The highest BCUT2D eigenvalue weighted by atomic mass is 15.2. The monoisotopic (exact) mass is 1070 g/mol. The molecule has 3 aliphatic rings. The molecule has 0 atom stereocenters. The Labute approximate surface area is 490 Å². The summed E-state index contributed by atoms with van der Waals surface area (Å²) in [6, 6.07) is 88.0. The van der Waals surface area contributed by atoms with Gasteiger partial charge in [0.2, 0.25) is 0 Å². The highest BCUT2D eigenvalue weighted by Gasteiger charge is 2.50. The van der Waals surface area contributed by atoms with Crippen LogP contribution in [0.2, 0.25) is 0 Å². The molecule has 12 aromatic rings.